The average molecular weight is 514 g/mol. The molecular weight excluding hydrogens is 484 g/mol. The normalized spacial score (nSPS) is 11.8. The Labute approximate surface area is 202 Å². The molecule has 4 aromatic carbocycles. The SMILES string of the molecule is Cc1[cH-]c(C)c(C)c1C.Cc1cc2c(-c3ccccc3)c3c(cc2[cH-]1)CCC3.[Si]=[Zr]=[Si]. The molecule has 0 unspecified atom stereocenters. The molecule has 0 spiro atoms. The summed E-state index contributed by atoms with van der Waals surface area (Å²) in [5, 5.41) is 2.85. The average Bonchev–Trinajstić information content (AvgIpc) is 3.42. The van der Waals surface area contributed by atoms with Gasteiger partial charge >= 0.3 is 34.2 Å². The van der Waals surface area contributed by atoms with E-state index in [4.69, 9.17) is 0 Å². The fraction of sp³-hybridized carbons (Fsp3) is 0.286. The van der Waals surface area contributed by atoms with Crippen molar-refractivity contribution in [2.75, 3.05) is 0 Å². The van der Waals surface area contributed by atoms with E-state index < -0.39 is 0 Å². The maximum absolute atomic E-state index is 3.27. The molecule has 0 saturated heterocycles. The quantitative estimate of drug-likeness (QED) is 0.192. The Morgan fingerprint density at radius 3 is 1.97 bits per heavy atom. The Bertz CT molecular complexity index is 1200. The van der Waals surface area contributed by atoms with Crippen LogP contribution in [0, 0.1) is 34.6 Å². The second kappa shape index (κ2) is 11.0. The number of benzene rings is 2. The summed E-state index contributed by atoms with van der Waals surface area (Å²) in [7, 11) is 0. The molecule has 156 valence electrons. The molecule has 0 bridgehead atoms. The van der Waals surface area contributed by atoms with Crippen LogP contribution in [0.25, 0.3) is 21.9 Å². The van der Waals surface area contributed by atoms with Crippen LogP contribution >= 0.6 is 0 Å². The van der Waals surface area contributed by atoms with Gasteiger partial charge in [-0.15, -0.1) is 28.5 Å². The molecule has 0 nitrogen and oxygen atoms in total. The first kappa shape index (κ1) is 24.4. The van der Waals surface area contributed by atoms with E-state index in [9.17, 15) is 0 Å². The van der Waals surface area contributed by atoms with Crippen LogP contribution in [0.1, 0.15) is 45.4 Å². The van der Waals surface area contributed by atoms with E-state index in [1.165, 1.54) is 69.0 Å². The third-order valence-electron chi connectivity index (χ3n) is 6.47. The summed E-state index contributed by atoms with van der Waals surface area (Å²) < 4.78 is 0. The molecule has 1 aliphatic rings. The van der Waals surface area contributed by atoms with Crippen LogP contribution in [0.4, 0.5) is 0 Å². The molecule has 4 aromatic rings. The molecule has 0 aliphatic heterocycles. The van der Waals surface area contributed by atoms with Gasteiger partial charge in [-0.2, -0.15) is 34.4 Å². The topological polar surface area (TPSA) is 0 Å². The molecule has 0 saturated carbocycles. The maximum atomic E-state index is 3.27. The van der Waals surface area contributed by atoms with Gasteiger partial charge < -0.3 is 0 Å². The van der Waals surface area contributed by atoms with E-state index in [1.54, 1.807) is 11.1 Å². The second-order valence-electron chi connectivity index (χ2n) is 8.53. The first-order valence-corrected chi connectivity index (χ1v) is 19.3. The van der Waals surface area contributed by atoms with Crippen LogP contribution in [0.15, 0.2) is 54.6 Å². The third-order valence-corrected chi connectivity index (χ3v) is 6.47. The van der Waals surface area contributed by atoms with Crippen molar-refractivity contribution >= 4 is 24.5 Å². The Morgan fingerprint density at radius 2 is 1.42 bits per heavy atom. The first-order chi connectivity index (χ1) is 14.9. The molecule has 0 N–H and O–H groups in total. The van der Waals surface area contributed by atoms with Gasteiger partial charge in [0.2, 0.25) is 0 Å². The van der Waals surface area contributed by atoms with Crippen molar-refractivity contribution in [3.63, 3.8) is 0 Å². The predicted molar refractivity (Wildman–Crippen MR) is 134 cm³/mol. The number of fused-ring (bicyclic) bond motifs is 2. The molecule has 4 radical (unpaired) electrons. The van der Waals surface area contributed by atoms with Crippen LogP contribution in [0.2, 0.25) is 0 Å². The monoisotopic (exact) mass is 512 g/mol. The van der Waals surface area contributed by atoms with Crippen molar-refractivity contribution in [3.8, 4) is 11.1 Å². The van der Waals surface area contributed by atoms with Crippen LogP contribution in [0.5, 0.6) is 0 Å². The minimum atomic E-state index is -0.159. The number of hydrogen-bond donors (Lipinski definition) is 0. The third kappa shape index (κ3) is 5.56. The summed E-state index contributed by atoms with van der Waals surface area (Å²) in [5.41, 5.74) is 13.1. The molecule has 5 rings (SSSR count). The number of hydrogen-bond acceptors (Lipinski definition) is 0. The van der Waals surface area contributed by atoms with Gasteiger partial charge in [-0.05, 0) is 24.8 Å². The van der Waals surface area contributed by atoms with E-state index in [0.29, 0.717) is 0 Å². The van der Waals surface area contributed by atoms with Gasteiger partial charge in [0.15, 0.2) is 0 Å². The summed E-state index contributed by atoms with van der Waals surface area (Å²) in [6.45, 7) is 17.4. The first-order valence-electron chi connectivity index (χ1n) is 10.9. The van der Waals surface area contributed by atoms with Crippen molar-refractivity contribution in [3.05, 3.63) is 93.5 Å². The van der Waals surface area contributed by atoms with E-state index in [-0.39, 0.29) is 20.5 Å². The molecule has 31 heavy (non-hydrogen) atoms. The van der Waals surface area contributed by atoms with Gasteiger partial charge in [0.25, 0.3) is 0 Å². The van der Waals surface area contributed by atoms with Crippen LogP contribution < -0.4 is 0 Å². The summed E-state index contributed by atoms with van der Waals surface area (Å²) in [6, 6.07) is 20.2. The molecule has 1 aliphatic carbocycles. The summed E-state index contributed by atoms with van der Waals surface area (Å²) >= 11 is -0.159. The Balaban J connectivity index is 0.000000191. The molecule has 0 fully saturated rings. The van der Waals surface area contributed by atoms with Crippen molar-refractivity contribution in [2.45, 2.75) is 53.9 Å². The Hall–Kier alpha value is -1.28. The van der Waals surface area contributed by atoms with Gasteiger partial charge in [-0.3, -0.25) is 0 Å². The van der Waals surface area contributed by atoms with Crippen LogP contribution in [-0.2, 0) is 33.3 Å². The van der Waals surface area contributed by atoms with Crippen LogP contribution in [-0.4, -0.2) is 13.8 Å². The van der Waals surface area contributed by atoms with Crippen molar-refractivity contribution in [2.24, 2.45) is 0 Å². The summed E-state index contributed by atoms with van der Waals surface area (Å²) in [6.07, 6.45) is 3.79. The molecule has 0 atom stereocenters. The molecule has 0 aromatic heterocycles. The summed E-state index contributed by atoms with van der Waals surface area (Å²) in [4.78, 5) is 0. The van der Waals surface area contributed by atoms with Gasteiger partial charge in [0.1, 0.15) is 0 Å². The van der Waals surface area contributed by atoms with Crippen molar-refractivity contribution in [1.82, 2.24) is 0 Å². The zero-order valence-corrected chi connectivity index (χ0v) is 23.8. The second-order valence-corrected chi connectivity index (χ2v) is 15.1. The van der Waals surface area contributed by atoms with Gasteiger partial charge in [-0.1, -0.05) is 81.6 Å². The zero-order chi connectivity index (χ0) is 22.5. The van der Waals surface area contributed by atoms with Gasteiger partial charge in [-0.25, -0.2) is 0 Å². The van der Waals surface area contributed by atoms with E-state index >= 15 is 0 Å². The number of aryl methyl sites for hydroxylation is 4. The Morgan fingerprint density at radius 1 is 0.806 bits per heavy atom. The molecule has 0 amide bonds. The van der Waals surface area contributed by atoms with E-state index in [1.807, 2.05) is 0 Å². The Kier molecular flexibility index (Phi) is 8.67. The molecule has 0 heterocycles. The number of rotatable bonds is 1. The van der Waals surface area contributed by atoms with Crippen molar-refractivity contribution in [1.29, 1.82) is 0 Å². The minimum absolute atomic E-state index is 0.159. The summed E-state index contributed by atoms with van der Waals surface area (Å²) in [5.74, 6) is 0. The molecular formula is C28H30Si2Zr-2. The fourth-order valence-electron chi connectivity index (χ4n) is 4.64. The predicted octanol–water partition coefficient (Wildman–Crippen LogP) is 6.90. The van der Waals surface area contributed by atoms with E-state index in [2.05, 4.69) is 103 Å². The van der Waals surface area contributed by atoms with Crippen LogP contribution in [0.3, 0.4) is 0 Å². The van der Waals surface area contributed by atoms with Crippen molar-refractivity contribution < 1.29 is 20.5 Å². The van der Waals surface area contributed by atoms with Gasteiger partial charge in [0, 0.05) is 0 Å². The van der Waals surface area contributed by atoms with Gasteiger partial charge in [0.05, 0.1) is 0 Å². The standard InChI is InChI=1S/C19H17.C9H13.2Si.Zr/c1-13-10-16-12-15-8-5-9-17(15)19(18(16)11-13)14-6-3-2-4-7-14;1-6-5-7(2)9(4)8(6)3;;;/h2-4,6-7,10-12H,5,8-9H2,1H3;5H,1-4H3;;;/q2*-1;;;. The fourth-order valence-corrected chi connectivity index (χ4v) is 4.64. The van der Waals surface area contributed by atoms with E-state index in [0.717, 1.165) is 0 Å². The zero-order valence-electron chi connectivity index (χ0n) is 19.3. The molecule has 3 heteroatoms.